The van der Waals surface area contributed by atoms with Crippen LogP contribution in [0.3, 0.4) is 0 Å². The maximum Gasteiger partial charge on any atom is 0.331 e. The van der Waals surface area contributed by atoms with Gasteiger partial charge in [0.15, 0.2) is 6.04 Å². The Balaban J connectivity index is 3.38. The van der Waals surface area contributed by atoms with Crippen LogP contribution >= 0.6 is 11.6 Å². The maximum absolute atomic E-state index is 11.4. The normalized spacial score (nSPS) is 11.8. The van der Waals surface area contributed by atoms with E-state index in [1.807, 2.05) is 0 Å². The van der Waals surface area contributed by atoms with Gasteiger partial charge in [-0.3, -0.25) is 4.79 Å². The van der Waals surface area contributed by atoms with Crippen molar-refractivity contribution in [2.45, 2.75) is 13.0 Å². The second-order valence-electron chi connectivity index (χ2n) is 3.73. The number of hydrogen-bond donors (Lipinski definition) is 1. The molecular weight excluding hydrogens is 258 g/mol. The predicted molar refractivity (Wildman–Crippen MR) is 66.8 cm³/mol. The number of carbonyl (C=O) groups is 2. The summed E-state index contributed by atoms with van der Waals surface area (Å²) in [4.78, 5) is 23.8. The van der Waals surface area contributed by atoms with Crippen molar-refractivity contribution in [1.82, 2.24) is 4.90 Å². The molecule has 0 aliphatic carbocycles. The van der Waals surface area contributed by atoms with Crippen LogP contribution in [0, 0.1) is 0 Å². The molecule has 0 heterocycles. The number of rotatable bonds is 4. The number of nitrogens with zero attached hydrogens (tertiary/aromatic N) is 1. The number of benzene rings is 1. The van der Waals surface area contributed by atoms with Crippen molar-refractivity contribution in [1.29, 1.82) is 0 Å². The molecule has 1 aromatic rings. The lowest BCUT2D eigenvalue weighted by Crippen LogP contribution is -2.34. The number of hydrogen-bond acceptors (Lipinski definition) is 3. The first-order chi connectivity index (χ1) is 8.40. The largest absolute Gasteiger partial charge is 0.496 e. The van der Waals surface area contributed by atoms with Gasteiger partial charge < -0.3 is 14.7 Å². The van der Waals surface area contributed by atoms with E-state index in [9.17, 15) is 14.7 Å². The number of halogens is 1. The highest BCUT2D eigenvalue weighted by atomic mass is 35.5. The van der Waals surface area contributed by atoms with Crippen molar-refractivity contribution in [2.24, 2.45) is 0 Å². The maximum atomic E-state index is 11.4. The Hall–Kier alpha value is -1.75. The summed E-state index contributed by atoms with van der Waals surface area (Å²) >= 11 is 6.01. The minimum Gasteiger partial charge on any atom is -0.496 e. The lowest BCUT2D eigenvalue weighted by Gasteiger charge is -2.26. The Kier molecular flexibility index (Phi) is 4.55. The summed E-state index contributed by atoms with van der Waals surface area (Å²) in [6.07, 6.45) is 0. The summed E-state index contributed by atoms with van der Waals surface area (Å²) in [7, 11) is 2.83. The molecule has 0 saturated heterocycles. The van der Waals surface area contributed by atoms with E-state index in [1.165, 1.54) is 21.1 Å². The highest BCUT2D eigenvalue weighted by molar-refractivity contribution is 6.31. The molecule has 98 valence electrons. The lowest BCUT2D eigenvalue weighted by atomic mass is 10.0. The summed E-state index contributed by atoms with van der Waals surface area (Å²) < 4.78 is 5.10. The Labute approximate surface area is 110 Å². The third-order valence-electron chi connectivity index (χ3n) is 2.62. The molecule has 1 N–H and O–H groups in total. The van der Waals surface area contributed by atoms with E-state index in [0.29, 0.717) is 5.75 Å². The zero-order valence-electron chi connectivity index (χ0n) is 10.3. The summed E-state index contributed by atoms with van der Waals surface area (Å²) in [6.45, 7) is 1.29. The molecule has 18 heavy (non-hydrogen) atoms. The molecule has 1 amide bonds. The second-order valence-corrected chi connectivity index (χ2v) is 4.13. The van der Waals surface area contributed by atoms with Gasteiger partial charge in [-0.1, -0.05) is 17.7 Å². The first-order valence-electron chi connectivity index (χ1n) is 5.18. The van der Waals surface area contributed by atoms with Gasteiger partial charge in [0.25, 0.3) is 0 Å². The standard InChI is InChI=1S/C12H14ClNO4/c1-7(15)14(2)11(12(16)17)10-8(13)5-4-6-9(10)18-3/h4-6,11H,1-3H3,(H,16,17). The summed E-state index contributed by atoms with van der Waals surface area (Å²) in [5.41, 5.74) is 0.270. The summed E-state index contributed by atoms with van der Waals surface area (Å²) in [5.74, 6) is -1.20. The zero-order chi connectivity index (χ0) is 13.9. The van der Waals surface area contributed by atoms with Gasteiger partial charge in [0.2, 0.25) is 5.91 Å². The third kappa shape index (κ3) is 2.73. The number of carboxylic acid groups (broad SMARTS) is 1. The van der Waals surface area contributed by atoms with E-state index in [0.717, 1.165) is 4.90 Å². The molecule has 0 saturated carbocycles. The molecule has 6 heteroatoms. The highest BCUT2D eigenvalue weighted by Gasteiger charge is 2.31. The summed E-state index contributed by atoms with van der Waals surface area (Å²) in [5, 5.41) is 9.53. The van der Waals surface area contributed by atoms with Gasteiger partial charge in [0, 0.05) is 19.5 Å². The fraction of sp³-hybridized carbons (Fsp3) is 0.333. The smallest absolute Gasteiger partial charge is 0.331 e. The molecule has 0 radical (unpaired) electrons. The fourth-order valence-electron chi connectivity index (χ4n) is 1.63. The van der Waals surface area contributed by atoms with E-state index in [-0.39, 0.29) is 16.5 Å². The number of carboxylic acids is 1. The van der Waals surface area contributed by atoms with Crippen LogP contribution in [0.15, 0.2) is 18.2 Å². The minimum absolute atomic E-state index is 0.245. The Morgan fingerprint density at radius 3 is 2.50 bits per heavy atom. The molecule has 0 aromatic heterocycles. The van der Waals surface area contributed by atoms with Crippen LogP contribution < -0.4 is 4.74 Å². The molecular formula is C12H14ClNO4. The highest BCUT2D eigenvalue weighted by Crippen LogP contribution is 2.35. The molecule has 0 spiro atoms. The van der Waals surface area contributed by atoms with Crippen molar-refractivity contribution >= 4 is 23.5 Å². The van der Waals surface area contributed by atoms with Crippen molar-refractivity contribution in [3.05, 3.63) is 28.8 Å². The number of likely N-dealkylation sites (N-methyl/N-ethyl adjacent to an activating group) is 1. The van der Waals surface area contributed by atoms with Gasteiger partial charge in [-0.15, -0.1) is 0 Å². The zero-order valence-corrected chi connectivity index (χ0v) is 11.1. The monoisotopic (exact) mass is 271 g/mol. The first kappa shape index (κ1) is 14.3. The van der Waals surface area contributed by atoms with E-state index in [2.05, 4.69) is 0 Å². The third-order valence-corrected chi connectivity index (χ3v) is 2.95. The fourth-order valence-corrected chi connectivity index (χ4v) is 1.89. The topological polar surface area (TPSA) is 66.8 Å². The first-order valence-corrected chi connectivity index (χ1v) is 5.56. The van der Waals surface area contributed by atoms with Gasteiger partial charge in [-0.05, 0) is 12.1 Å². The molecule has 1 rings (SSSR count). The lowest BCUT2D eigenvalue weighted by molar-refractivity contribution is -0.148. The van der Waals surface area contributed by atoms with Crippen LogP contribution in [0.25, 0.3) is 0 Å². The molecule has 5 nitrogen and oxygen atoms in total. The van der Waals surface area contributed by atoms with Crippen LogP contribution in [0.1, 0.15) is 18.5 Å². The van der Waals surface area contributed by atoms with Crippen LogP contribution in [-0.4, -0.2) is 36.0 Å². The predicted octanol–water partition coefficient (Wildman–Crippen LogP) is 1.95. The van der Waals surface area contributed by atoms with Crippen molar-refractivity contribution in [3.8, 4) is 5.75 Å². The van der Waals surface area contributed by atoms with Crippen molar-refractivity contribution in [3.63, 3.8) is 0 Å². The van der Waals surface area contributed by atoms with Crippen LogP contribution in [0.4, 0.5) is 0 Å². The van der Waals surface area contributed by atoms with E-state index < -0.39 is 12.0 Å². The Morgan fingerprint density at radius 2 is 2.06 bits per heavy atom. The van der Waals surface area contributed by atoms with E-state index >= 15 is 0 Å². The van der Waals surface area contributed by atoms with Gasteiger partial charge in [-0.2, -0.15) is 0 Å². The van der Waals surface area contributed by atoms with E-state index in [1.54, 1.807) is 18.2 Å². The van der Waals surface area contributed by atoms with Crippen molar-refractivity contribution in [2.75, 3.05) is 14.2 Å². The Morgan fingerprint density at radius 1 is 1.44 bits per heavy atom. The molecule has 1 aromatic carbocycles. The molecule has 1 atom stereocenters. The number of amides is 1. The molecule has 1 unspecified atom stereocenters. The number of aliphatic carboxylic acids is 1. The van der Waals surface area contributed by atoms with Crippen LogP contribution in [0.2, 0.25) is 5.02 Å². The average Bonchev–Trinajstić information content (AvgIpc) is 2.30. The van der Waals surface area contributed by atoms with Gasteiger partial charge >= 0.3 is 5.97 Å². The van der Waals surface area contributed by atoms with Crippen LogP contribution in [0.5, 0.6) is 5.75 Å². The minimum atomic E-state index is -1.17. The number of methoxy groups -OCH3 is 1. The molecule has 0 aliphatic rings. The quantitative estimate of drug-likeness (QED) is 0.909. The molecule has 0 fully saturated rings. The Bertz CT molecular complexity index is 475. The van der Waals surface area contributed by atoms with Gasteiger partial charge in [0.1, 0.15) is 5.75 Å². The molecule has 0 bridgehead atoms. The van der Waals surface area contributed by atoms with Crippen molar-refractivity contribution < 1.29 is 19.4 Å². The number of ether oxygens (including phenoxy) is 1. The molecule has 0 aliphatic heterocycles. The SMILES string of the molecule is COc1cccc(Cl)c1C(C(=O)O)N(C)C(C)=O. The average molecular weight is 272 g/mol. The van der Waals surface area contributed by atoms with Gasteiger partial charge in [0.05, 0.1) is 12.1 Å². The van der Waals surface area contributed by atoms with E-state index in [4.69, 9.17) is 16.3 Å². The van der Waals surface area contributed by atoms with Crippen LogP contribution in [-0.2, 0) is 9.59 Å². The number of carbonyl (C=O) groups excluding carboxylic acids is 1. The second kappa shape index (κ2) is 5.73. The van der Waals surface area contributed by atoms with Gasteiger partial charge in [-0.25, -0.2) is 4.79 Å². The summed E-state index contributed by atoms with van der Waals surface area (Å²) in [6, 6.07) is 3.64.